The lowest BCUT2D eigenvalue weighted by atomic mass is 10.0. The highest BCUT2D eigenvalue weighted by Gasteiger charge is 2.57. The predicted molar refractivity (Wildman–Crippen MR) is 41.3 cm³/mol. The van der Waals surface area contributed by atoms with Crippen molar-refractivity contribution in [3.05, 3.63) is 35.9 Å². The Hall–Kier alpha value is -1.13. The van der Waals surface area contributed by atoms with E-state index in [1.165, 1.54) is 18.2 Å². The lowest BCUT2D eigenvalue weighted by Gasteiger charge is -2.24. The lowest BCUT2D eigenvalue weighted by Crippen LogP contribution is -2.39. The van der Waals surface area contributed by atoms with Gasteiger partial charge in [0.25, 0.3) is 0 Å². The van der Waals surface area contributed by atoms with Crippen molar-refractivity contribution >= 4 is 0 Å². The van der Waals surface area contributed by atoms with E-state index in [2.05, 4.69) is 0 Å². The molecule has 0 nitrogen and oxygen atoms in total. The van der Waals surface area contributed by atoms with Crippen molar-refractivity contribution in [2.45, 2.75) is 11.8 Å². The Morgan fingerprint density at radius 1 is 0.929 bits per heavy atom. The average molecular weight is 210 g/mol. The topological polar surface area (TPSA) is 0 Å². The van der Waals surface area contributed by atoms with Gasteiger partial charge in [0.05, 0.1) is 0 Å². The van der Waals surface area contributed by atoms with E-state index in [4.69, 9.17) is 0 Å². The van der Waals surface area contributed by atoms with Crippen molar-refractivity contribution in [2.75, 3.05) is 6.67 Å². The molecule has 0 spiro atoms. The number of hydrogen-bond acceptors (Lipinski definition) is 0. The van der Waals surface area contributed by atoms with E-state index < -0.39 is 24.1 Å². The normalized spacial score (nSPS) is 12.9. The van der Waals surface area contributed by atoms with Crippen LogP contribution in [0.1, 0.15) is 5.56 Å². The summed E-state index contributed by atoms with van der Waals surface area (Å²) < 4.78 is 62.6. The zero-order valence-corrected chi connectivity index (χ0v) is 6.98. The summed E-state index contributed by atoms with van der Waals surface area (Å²) in [6.45, 7) is -2.38. The summed E-state index contributed by atoms with van der Waals surface area (Å²) in [6, 6.07) is 5.47. The molecule has 78 valence electrons. The molecular formula is C9H7F5. The zero-order chi connectivity index (χ0) is 10.8. The highest BCUT2D eigenvalue weighted by Crippen LogP contribution is 2.42. The fourth-order valence-electron chi connectivity index (χ4n) is 0.943. The maximum Gasteiger partial charge on any atom is 0.342 e. The molecule has 0 aliphatic carbocycles. The van der Waals surface area contributed by atoms with Crippen LogP contribution < -0.4 is 0 Å². The van der Waals surface area contributed by atoms with Crippen molar-refractivity contribution in [1.82, 2.24) is 0 Å². The first-order valence-corrected chi connectivity index (χ1v) is 3.79. The highest BCUT2D eigenvalue weighted by molar-refractivity contribution is 5.22. The predicted octanol–water partition coefficient (Wildman–Crippen LogP) is 3.38. The third-order valence-electron chi connectivity index (χ3n) is 1.76. The molecule has 5 heteroatoms. The second-order valence-corrected chi connectivity index (χ2v) is 2.78. The van der Waals surface area contributed by atoms with Gasteiger partial charge < -0.3 is 0 Å². The monoisotopic (exact) mass is 210 g/mol. The summed E-state index contributed by atoms with van der Waals surface area (Å²) in [7, 11) is 0. The van der Waals surface area contributed by atoms with E-state index in [1.807, 2.05) is 0 Å². The largest absolute Gasteiger partial charge is 0.342 e. The quantitative estimate of drug-likeness (QED) is 0.671. The van der Waals surface area contributed by atoms with E-state index in [9.17, 15) is 22.0 Å². The molecule has 0 radical (unpaired) electrons. The second-order valence-electron chi connectivity index (χ2n) is 2.78. The minimum atomic E-state index is -4.66. The fourth-order valence-corrected chi connectivity index (χ4v) is 0.943. The van der Waals surface area contributed by atoms with Gasteiger partial charge in [-0.05, 0) is 0 Å². The molecular weight excluding hydrogens is 203 g/mol. The van der Waals surface area contributed by atoms with Crippen LogP contribution in [-0.4, -0.2) is 12.6 Å². The molecule has 0 bridgehead atoms. The van der Waals surface area contributed by atoms with Gasteiger partial charge in [-0.3, -0.25) is 0 Å². The number of benzene rings is 1. The maximum absolute atomic E-state index is 12.9. The summed E-state index contributed by atoms with van der Waals surface area (Å²) in [5.41, 5.74) is -0.886. The van der Waals surface area contributed by atoms with Crippen LogP contribution in [0, 0.1) is 0 Å². The zero-order valence-electron chi connectivity index (χ0n) is 6.98. The van der Waals surface area contributed by atoms with Crippen molar-refractivity contribution in [3.8, 4) is 0 Å². The molecule has 1 rings (SSSR count). The summed E-state index contributed by atoms with van der Waals surface area (Å²) in [4.78, 5) is 0. The molecule has 0 saturated carbocycles. The molecule has 0 aromatic heterocycles. The van der Waals surface area contributed by atoms with E-state index in [-0.39, 0.29) is 0 Å². The van der Waals surface area contributed by atoms with Gasteiger partial charge >= 0.3 is 11.8 Å². The Labute approximate surface area is 77.4 Å². The summed E-state index contributed by atoms with van der Waals surface area (Å²) in [5, 5.41) is 0. The maximum atomic E-state index is 12.9. The van der Waals surface area contributed by atoms with Gasteiger partial charge in [0.2, 0.25) is 0 Å². The first-order chi connectivity index (χ1) is 6.42. The molecule has 1 aromatic carbocycles. The number of rotatable bonds is 3. The van der Waals surface area contributed by atoms with Gasteiger partial charge in [0, 0.05) is 5.56 Å². The SMILES string of the molecule is FCC(F)(F)C(F)(F)c1ccccc1. The van der Waals surface area contributed by atoms with E-state index in [0.717, 1.165) is 12.1 Å². The van der Waals surface area contributed by atoms with E-state index in [0.29, 0.717) is 0 Å². The molecule has 0 aliphatic heterocycles. The van der Waals surface area contributed by atoms with Crippen LogP contribution >= 0.6 is 0 Å². The number of alkyl halides is 5. The molecule has 0 unspecified atom stereocenters. The van der Waals surface area contributed by atoms with Gasteiger partial charge in [-0.15, -0.1) is 0 Å². The van der Waals surface area contributed by atoms with Crippen molar-refractivity contribution in [1.29, 1.82) is 0 Å². The standard InChI is InChI=1S/C9H7F5/c10-6-8(11,12)9(13,14)7-4-2-1-3-5-7/h1-5H,6H2. The van der Waals surface area contributed by atoms with Crippen molar-refractivity contribution in [3.63, 3.8) is 0 Å². The number of halogens is 5. The summed E-state index contributed by atoms with van der Waals surface area (Å²) in [6.07, 6.45) is 0. The van der Waals surface area contributed by atoms with Crippen LogP contribution in [0.3, 0.4) is 0 Å². The number of hydrogen-bond donors (Lipinski definition) is 0. The lowest BCUT2D eigenvalue weighted by molar-refractivity contribution is -0.222. The van der Waals surface area contributed by atoms with E-state index >= 15 is 0 Å². The molecule has 0 fully saturated rings. The van der Waals surface area contributed by atoms with Gasteiger partial charge in [-0.1, -0.05) is 30.3 Å². The van der Waals surface area contributed by atoms with Crippen LogP contribution in [-0.2, 0) is 5.92 Å². The minimum Gasteiger partial charge on any atom is -0.244 e. The van der Waals surface area contributed by atoms with Gasteiger partial charge in [-0.2, -0.15) is 17.6 Å². The van der Waals surface area contributed by atoms with Crippen LogP contribution in [0.2, 0.25) is 0 Å². The third kappa shape index (κ3) is 1.71. The Balaban J connectivity index is 3.08. The van der Waals surface area contributed by atoms with E-state index in [1.54, 1.807) is 0 Å². The second kappa shape index (κ2) is 3.55. The van der Waals surface area contributed by atoms with Crippen LogP contribution in [0.15, 0.2) is 30.3 Å². The molecule has 0 N–H and O–H groups in total. The van der Waals surface area contributed by atoms with Crippen LogP contribution in [0.5, 0.6) is 0 Å². The Morgan fingerprint density at radius 2 is 1.43 bits per heavy atom. The van der Waals surface area contributed by atoms with Gasteiger partial charge in [-0.25, -0.2) is 4.39 Å². The van der Waals surface area contributed by atoms with Crippen molar-refractivity contribution in [2.24, 2.45) is 0 Å². The van der Waals surface area contributed by atoms with Gasteiger partial charge in [0.1, 0.15) is 0 Å². The molecule has 0 heterocycles. The van der Waals surface area contributed by atoms with Gasteiger partial charge in [0.15, 0.2) is 6.67 Å². The molecule has 0 aliphatic rings. The molecule has 0 atom stereocenters. The Morgan fingerprint density at radius 3 is 1.86 bits per heavy atom. The first kappa shape index (κ1) is 10.9. The Kier molecular flexibility index (Phi) is 2.78. The minimum absolute atomic E-state index is 0.837. The van der Waals surface area contributed by atoms with Crippen molar-refractivity contribution < 1.29 is 22.0 Å². The van der Waals surface area contributed by atoms with Crippen LogP contribution in [0.25, 0.3) is 0 Å². The average Bonchev–Trinajstić information content (AvgIpc) is 2.19. The Bertz CT molecular complexity index is 293. The summed E-state index contributed by atoms with van der Waals surface area (Å²) >= 11 is 0. The molecule has 1 aromatic rings. The smallest absolute Gasteiger partial charge is 0.244 e. The highest BCUT2D eigenvalue weighted by atomic mass is 19.3. The molecule has 0 saturated heterocycles. The molecule has 14 heavy (non-hydrogen) atoms. The molecule has 0 amide bonds. The third-order valence-corrected chi connectivity index (χ3v) is 1.76. The first-order valence-electron chi connectivity index (χ1n) is 3.79. The van der Waals surface area contributed by atoms with Crippen LogP contribution in [0.4, 0.5) is 22.0 Å². The fraction of sp³-hybridized carbons (Fsp3) is 0.333. The summed E-state index contributed by atoms with van der Waals surface area (Å²) in [5.74, 6) is -9.13.